The SMILES string of the molecule is CCO[C@]1(C(=O)OC)CNC[C@H](C(C)(C)C)C1. The van der Waals surface area contributed by atoms with E-state index in [-0.39, 0.29) is 11.4 Å². The Balaban J connectivity index is 2.87. The highest BCUT2D eigenvalue weighted by Crippen LogP contribution is 2.36. The van der Waals surface area contributed by atoms with Crippen molar-refractivity contribution < 1.29 is 14.3 Å². The Morgan fingerprint density at radius 3 is 2.59 bits per heavy atom. The number of rotatable bonds is 3. The Morgan fingerprint density at radius 1 is 1.47 bits per heavy atom. The summed E-state index contributed by atoms with van der Waals surface area (Å²) in [7, 11) is 1.42. The Bertz CT molecular complexity index is 268. The van der Waals surface area contributed by atoms with Gasteiger partial charge in [-0.05, 0) is 31.2 Å². The van der Waals surface area contributed by atoms with E-state index in [4.69, 9.17) is 9.47 Å². The van der Waals surface area contributed by atoms with Gasteiger partial charge in [-0.1, -0.05) is 20.8 Å². The second-order valence-electron chi connectivity index (χ2n) is 5.82. The minimum absolute atomic E-state index is 0.157. The third-order valence-corrected chi connectivity index (χ3v) is 3.58. The molecule has 1 saturated heterocycles. The predicted octanol–water partition coefficient (Wildman–Crippen LogP) is 1.59. The van der Waals surface area contributed by atoms with E-state index in [0.717, 1.165) is 13.0 Å². The second kappa shape index (κ2) is 5.36. The van der Waals surface area contributed by atoms with Crippen LogP contribution in [-0.4, -0.2) is 38.4 Å². The quantitative estimate of drug-likeness (QED) is 0.765. The molecule has 1 heterocycles. The Kier molecular flexibility index (Phi) is 4.55. The molecule has 0 radical (unpaired) electrons. The number of carbonyl (C=O) groups is 1. The standard InChI is InChI=1S/C13H25NO3/c1-6-17-13(11(15)16-5)7-10(8-14-9-13)12(2,3)4/h10,14H,6-9H2,1-5H3/t10-,13+/m1/s1. The smallest absolute Gasteiger partial charge is 0.339 e. The maximum atomic E-state index is 12.0. The van der Waals surface area contributed by atoms with Crippen LogP contribution in [0.2, 0.25) is 0 Å². The molecule has 0 aliphatic carbocycles. The number of piperidine rings is 1. The fraction of sp³-hybridized carbons (Fsp3) is 0.923. The van der Waals surface area contributed by atoms with E-state index >= 15 is 0 Å². The second-order valence-corrected chi connectivity index (χ2v) is 5.82. The molecule has 1 aliphatic heterocycles. The number of methoxy groups -OCH3 is 1. The van der Waals surface area contributed by atoms with E-state index < -0.39 is 5.60 Å². The molecular weight excluding hydrogens is 218 g/mol. The van der Waals surface area contributed by atoms with Gasteiger partial charge in [0.15, 0.2) is 5.60 Å². The third kappa shape index (κ3) is 3.19. The summed E-state index contributed by atoms with van der Waals surface area (Å²) in [6.45, 7) is 10.5. The van der Waals surface area contributed by atoms with Crippen molar-refractivity contribution in [2.24, 2.45) is 11.3 Å². The maximum absolute atomic E-state index is 12.0. The predicted molar refractivity (Wildman–Crippen MR) is 66.8 cm³/mol. The monoisotopic (exact) mass is 243 g/mol. The normalized spacial score (nSPS) is 30.1. The topological polar surface area (TPSA) is 47.6 Å². The van der Waals surface area contributed by atoms with Crippen molar-refractivity contribution >= 4 is 5.97 Å². The molecule has 4 heteroatoms. The summed E-state index contributed by atoms with van der Waals surface area (Å²) in [6, 6.07) is 0. The molecule has 0 aromatic heterocycles. The lowest BCUT2D eigenvalue weighted by atomic mass is 9.72. The Morgan fingerprint density at radius 2 is 2.12 bits per heavy atom. The molecule has 2 atom stereocenters. The van der Waals surface area contributed by atoms with Crippen LogP contribution < -0.4 is 5.32 Å². The van der Waals surface area contributed by atoms with Gasteiger partial charge >= 0.3 is 5.97 Å². The highest BCUT2D eigenvalue weighted by Gasteiger charge is 2.47. The van der Waals surface area contributed by atoms with Gasteiger partial charge in [0.2, 0.25) is 0 Å². The van der Waals surface area contributed by atoms with Gasteiger partial charge in [-0.3, -0.25) is 0 Å². The van der Waals surface area contributed by atoms with Crippen molar-refractivity contribution in [1.29, 1.82) is 0 Å². The average Bonchev–Trinajstić information content (AvgIpc) is 2.27. The van der Waals surface area contributed by atoms with Gasteiger partial charge in [-0.2, -0.15) is 0 Å². The van der Waals surface area contributed by atoms with Crippen LogP contribution in [0.1, 0.15) is 34.1 Å². The molecular formula is C13H25NO3. The maximum Gasteiger partial charge on any atom is 0.339 e. The number of ether oxygens (including phenoxy) is 2. The summed E-state index contributed by atoms with van der Waals surface area (Å²) in [5.74, 6) is 0.141. The van der Waals surface area contributed by atoms with Crippen molar-refractivity contribution in [2.75, 3.05) is 26.8 Å². The van der Waals surface area contributed by atoms with Crippen LogP contribution in [0, 0.1) is 11.3 Å². The molecule has 100 valence electrons. The van der Waals surface area contributed by atoms with Crippen LogP contribution in [-0.2, 0) is 14.3 Å². The van der Waals surface area contributed by atoms with E-state index in [1.807, 2.05) is 6.92 Å². The Labute approximate surface area is 104 Å². The van der Waals surface area contributed by atoms with Crippen LogP contribution in [0.3, 0.4) is 0 Å². The van der Waals surface area contributed by atoms with Crippen LogP contribution in [0.25, 0.3) is 0 Å². The first kappa shape index (κ1) is 14.5. The molecule has 0 saturated carbocycles. The van der Waals surface area contributed by atoms with E-state index in [1.54, 1.807) is 0 Å². The number of carbonyl (C=O) groups excluding carboxylic acids is 1. The van der Waals surface area contributed by atoms with Gasteiger partial charge < -0.3 is 14.8 Å². The summed E-state index contributed by atoms with van der Waals surface area (Å²) in [5, 5.41) is 3.31. The summed E-state index contributed by atoms with van der Waals surface area (Å²) in [5.41, 5.74) is -0.649. The van der Waals surface area contributed by atoms with Gasteiger partial charge in [0, 0.05) is 13.2 Å². The fourth-order valence-electron chi connectivity index (χ4n) is 2.39. The lowest BCUT2D eigenvalue weighted by Crippen LogP contribution is -2.58. The number of nitrogens with one attached hydrogen (secondary N) is 1. The molecule has 1 N–H and O–H groups in total. The average molecular weight is 243 g/mol. The minimum Gasteiger partial charge on any atom is -0.467 e. The lowest BCUT2D eigenvalue weighted by Gasteiger charge is -2.43. The van der Waals surface area contributed by atoms with Gasteiger partial charge in [-0.25, -0.2) is 4.79 Å². The zero-order valence-electron chi connectivity index (χ0n) is 11.6. The molecule has 0 unspecified atom stereocenters. The molecule has 1 rings (SSSR count). The molecule has 17 heavy (non-hydrogen) atoms. The molecule has 1 aliphatic rings. The highest BCUT2D eigenvalue weighted by molar-refractivity contribution is 5.80. The summed E-state index contributed by atoms with van der Waals surface area (Å²) >= 11 is 0. The van der Waals surface area contributed by atoms with Crippen molar-refractivity contribution in [3.05, 3.63) is 0 Å². The van der Waals surface area contributed by atoms with Crippen LogP contribution in [0.5, 0.6) is 0 Å². The number of hydrogen-bond donors (Lipinski definition) is 1. The molecule has 0 aromatic rings. The van der Waals surface area contributed by atoms with Crippen LogP contribution in [0.15, 0.2) is 0 Å². The Hall–Kier alpha value is -0.610. The first-order valence-electron chi connectivity index (χ1n) is 6.29. The van der Waals surface area contributed by atoms with Gasteiger partial charge in [0.25, 0.3) is 0 Å². The van der Waals surface area contributed by atoms with Crippen molar-refractivity contribution in [3.63, 3.8) is 0 Å². The first-order valence-corrected chi connectivity index (χ1v) is 6.29. The molecule has 4 nitrogen and oxygen atoms in total. The van der Waals surface area contributed by atoms with Gasteiger partial charge in [0.1, 0.15) is 0 Å². The first-order chi connectivity index (χ1) is 7.85. The molecule has 0 aromatic carbocycles. The highest BCUT2D eigenvalue weighted by atomic mass is 16.6. The molecule has 0 bridgehead atoms. The van der Waals surface area contributed by atoms with E-state index in [1.165, 1.54) is 7.11 Å². The van der Waals surface area contributed by atoms with Crippen molar-refractivity contribution in [3.8, 4) is 0 Å². The van der Waals surface area contributed by atoms with E-state index in [9.17, 15) is 4.79 Å². The molecule has 1 fully saturated rings. The fourth-order valence-corrected chi connectivity index (χ4v) is 2.39. The van der Waals surface area contributed by atoms with E-state index in [2.05, 4.69) is 26.1 Å². The molecule has 0 spiro atoms. The van der Waals surface area contributed by atoms with Crippen LogP contribution in [0.4, 0.5) is 0 Å². The zero-order valence-corrected chi connectivity index (χ0v) is 11.6. The number of hydrogen-bond acceptors (Lipinski definition) is 4. The van der Waals surface area contributed by atoms with Crippen molar-refractivity contribution in [2.45, 2.75) is 39.7 Å². The summed E-state index contributed by atoms with van der Waals surface area (Å²) in [6.07, 6.45) is 0.726. The van der Waals surface area contributed by atoms with Gasteiger partial charge in [0.05, 0.1) is 7.11 Å². The van der Waals surface area contributed by atoms with Gasteiger partial charge in [-0.15, -0.1) is 0 Å². The third-order valence-electron chi connectivity index (χ3n) is 3.58. The largest absolute Gasteiger partial charge is 0.467 e. The minimum atomic E-state index is -0.806. The van der Waals surface area contributed by atoms with Crippen LogP contribution >= 0.6 is 0 Å². The molecule has 0 amide bonds. The van der Waals surface area contributed by atoms with E-state index in [0.29, 0.717) is 19.1 Å². The zero-order chi connectivity index (χ0) is 13.1. The summed E-state index contributed by atoms with van der Waals surface area (Å²) in [4.78, 5) is 12.0. The van der Waals surface area contributed by atoms with Crippen molar-refractivity contribution in [1.82, 2.24) is 5.32 Å². The lowest BCUT2D eigenvalue weighted by molar-refractivity contribution is -0.175. The number of esters is 1. The summed E-state index contributed by atoms with van der Waals surface area (Å²) < 4.78 is 10.6.